The molecule has 4 N–H and O–H groups in total. The quantitative estimate of drug-likeness (QED) is 0.706. The number of nitrogens with two attached hydrogens (primary N) is 2. The summed E-state index contributed by atoms with van der Waals surface area (Å²) < 4.78 is 14.8. The van der Waals surface area contributed by atoms with E-state index < -0.39 is 0 Å². The van der Waals surface area contributed by atoms with Gasteiger partial charge in [0.05, 0.1) is 5.69 Å². The van der Waals surface area contributed by atoms with E-state index in [1.165, 1.54) is 11.8 Å². The van der Waals surface area contributed by atoms with Gasteiger partial charge in [-0.15, -0.1) is 0 Å². The van der Waals surface area contributed by atoms with Gasteiger partial charge < -0.3 is 11.5 Å². The summed E-state index contributed by atoms with van der Waals surface area (Å²) in [4.78, 5) is 13.9. The number of anilines is 2. The minimum atomic E-state index is -0.261. The van der Waals surface area contributed by atoms with Gasteiger partial charge in [0, 0.05) is 33.7 Å². The molecule has 2 aromatic heterocycles. The zero-order valence-electron chi connectivity index (χ0n) is 14.5. The Kier molecular flexibility index (Phi) is 4.77. The van der Waals surface area contributed by atoms with Gasteiger partial charge in [-0.3, -0.25) is 4.98 Å². The van der Waals surface area contributed by atoms with Crippen molar-refractivity contribution in [2.45, 2.75) is 28.6 Å². The normalized spacial score (nSPS) is 16.0. The van der Waals surface area contributed by atoms with E-state index in [4.69, 9.17) is 11.5 Å². The number of pyridine rings is 1. The molecule has 1 atom stereocenters. The number of fused-ring (bicyclic) bond motifs is 1. The van der Waals surface area contributed by atoms with Crippen LogP contribution in [0.4, 0.5) is 16.2 Å². The van der Waals surface area contributed by atoms with Crippen LogP contribution in [0.3, 0.4) is 0 Å². The molecule has 0 aliphatic heterocycles. The molecule has 1 aromatic carbocycles. The van der Waals surface area contributed by atoms with Crippen LogP contribution in [0.1, 0.15) is 35.6 Å². The summed E-state index contributed by atoms with van der Waals surface area (Å²) >= 11 is 1.37. The highest BCUT2D eigenvalue weighted by atomic mass is 32.2. The van der Waals surface area contributed by atoms with Gasteiger partial charge in [-0.05, 0) is 48.7 Å². The van der Waals surface area contributed by atoms with Crippen LogP contribution in [0.15, 0.2) is 58.6 Å². The van der Waals surface area contributed by atoms with Crippen molar-refractivity contribution >= 4 is 29.6 Å². The first kappa shape index (κ1) is 17.5. The van der Waals surface area contributed by atoms with Crippen molar-refractivity contribution in [3.63, 3.8) is 0 Å². The van der Waals surface area contributed by atoms with Crippen LogP contribution < -0.4 is 11.5 Å². The third-order valence-electron chi connectivity index (χ3n) is 4.50. The first-order valence-corrected chi connectivity index (χ1v) is 9.40. The summed E-state index contributed by atoms with van der Waals surface area (Å²) in [7, 11) is 0. The average Bonchev–Trinajstić information content (AvgIpc) is 2.87. The molecule has 0 amide bonds. The number of rotatable bonds is 3. The van der Waals surface area contributed by atoms with Crippen LogP contribution in [0, 0.1) is 5.82 Å². The van der Waals surface area contributed by atoms with Gasteiger partial charge in [-0.2, -0.15) is 4.98 Å². The number of halogens is 1. The lowest BCUT2D eigenvalue weighted by atomic mass is 9.88. The molecular weight excluding hydrogens is 361 g/mol. The molecule has 0 spiro atoms. The van der Waals surface area contributed by atoms with Gasteiger partial charge in [0.15, 0.2) is 0 Å². The van der Waals surface area contributed by atoms with Crippen molar-refractivity contribution in [2.24, 2.45) is 0 Å². The third-order valence-corrected chi connectivity index (χ3v) is 5.56. The standard InChI is InChI=1S/C20H18FN5S/c21-15-11-12(5-6-17(15)27-13-7-9-24-10-8-13)14-3-1-2-4-16-18(14)19(22)26-20(23)25-16/h2,4-11,14H,1,3H2,(H4,22,23,25,26). The van der Waals surface area contributed by atoms with E-state index in [-0.39, 0.29) is 17.7 Å². The number of aromatic nitrogens is 3. The molecule has 1 aliphatic carbocycles. The summed E-state index contributed by atoms with van der Waals surface area (Å²) in [5, 5.41) is 0. The second-order valence-corrected chi connectivity index (χ2v) is 7.39. The van der Waals surface area contributed by atoms with Crippen LogP contribution in [0.2, 0.25) is 0 Å². The molecule has 27 heavy (non-hydrogen) atoms. The van der Waals surface area contributed by atoms with Crippen molar-refractivity contribution in [2.75, 3.05) is 11.5 Å². The lowest BCUT2D eigenvalue weighted by molar-refractivity contribution is 0.595. The number of nitrogens with zero attached hydrogens (tertiary/aromatic N) is 3. The van der Waals surface area contributed by atoms with Crippen LogP contribution in [-0.4, -0.2) is 15.0 Å². The molecule has 7 heteroatoms. The van der Waals surface area contributed by atoms with E-state index in [9.17, 15) is 4.39 Å². The maximum Gasteiger partial charge on any atom is 0.222 e. The number of allylic oxidation sites excluding steroid dienone is 1. The maximum atomic E-state index is 14.8. The molecule has 0 saturated heterocycles. The largest absolute Gasteiger partial charge is 0.383 e. The Morgan fingerprint density at radius 3 is 2.67 bits per heavy atom. The Morgan fingerprint density at radius 1 is 1.07 bits per heavy atom. The molecule has 0 saturated carbocycles. The number of nitrogen functional groups attached to an aromatic ring is 2. The smallest absolute Gasteiger partial charge is 0.222 e. The Labute approximate surface area is 160 Å². The van der Waals surface area contributed by atoms with E-state index in [0.717, 1.165) is 28.9 Å². The van der Waals surface area contributed by atoms with Crippen molar-refractivity contribution in [1.82, 2.24) is 15.0 Å². The fourth-order valence-electron chi connectivity index (χ4n) is 3.29. The minimum Gasteiger partial charge on any atom is -0.383 e. The summed E-state index contributed by atoms with van der Waals surface area (Å²) in [5.41, 5.74) is 14.2. The molecule has 5 nitrogen and oxygen atoms in total. The molecule has 3 aromatic rings. The molecule has 0 fully saturated rings. The van der Waals surface area contributed by atoms with Crippen LogP contribution >= 0.6 is 11.8 Å². The maximum absolute atomic E-state index is 14.8. The SMILES string of the molecule is Nc1nc(N)c2c(n1)C=CCCC2c1ccc(Sc2ccncc2)c(F)c1. The third kappa shape index (κ3) is 3.64. The van der Waals surface area contributed by atoms with Crippen LogP contribution in [0.25, 0.3) is 6.08 Å². The van der Waals surface area contributed by atoms with Crippen molar-refractivity contribution in [3.8, 4) is 0 Å². The summed E-state index contributed by atoms with van der Waals surface area (Å²) in [6.45, 7) is 0. The zero-order chi connectivity index (χ0) is 18.8. The fourth-order valence-corrected chi connectivity index (χ4v) is 4.10. The monoisotopic (exact) mass is 379 g/mol. The lowest BCUT2D eigenvalue weighted by Crippen LogP contribution is -2.11. The number of hydrogen-bond acceptors (Lipinski definition) is 6. The summed E-state index contributed by atoms with van der Waals surface area (Å²) in [6, 6.07) is 9.05. The highest BCUT2D eigenvalue weighted by molar-refractivity contribution is 7.99. The van der Waals surface area contributed by atoms with Crippen molar-refractivity contribution in [1.29, 1.82) is 0 Å². The molecule has 4 rings (SSSR count). The van der Waals surface area contributed by atoms with E-state index in [0.29, 0.717) is 16.4 Å². The minimum absolute atomic E-state index is 0.0786. The van der Waals surface area contributed by atoms with Crippen molar-refractivity contribution in [3.05, 3.63) is 71.4 Å². The van der Waals surface area contributed by atoms with Gasteiger partial charge in [-0.1, -0.05) is 23.9 Å². The summed E-state index contributed by atoms with van der Waals surface area (Å²) in [6.07, 6.45) is 8.98. The van der Waals surface area contributed by atoms with Crippen LogP contribution in [-0.2, 0) is 0 Å². The van der Waals surface area contributed by atoms with Gasteiger partial charge in [0.1, 0.15) is 11.6 Å². The topological polar surface area (TPSA) is 90.7 Å². The molecule has 136 valence electrons. The molecule has 0 radical (unpaired) electrons. The van der Waals surface area contributed by atoms with Crippen molar-refractivity contribution < 1.29 is 4.39 Å². The average molecular weight is 379 g/mol. The molecule has 1 unspecified atom stereocenters. The second-order valence-electron chi connectivity index (χ2n) is 6.27. The zero-order valence-corrected chi connectivity index (χ0v) is 15.3. The van der Waals surface area contributed by atoms with Gasteiger partial charge in [-0.25, -0.2) is 9.37 Å². The van der Waals surface area contributed by atoms with Gasteiger partial charge in [0.2, 0.25) is 5.95 Å². The first-order valence-electron chi connectivity index (χ1n) is 8.58. The predicted molar refractivity (Wildman–Crippen MR) is 106 cm³/mol. The molecule has 2 heterocycles. The summed E-state index contributed by atoms with van der Waals surface area (Å²) in [5.74, 6) is 0.157. The van der Waals surface area contributed by atoms with Crippen LogP contribution in [0.5, 0.6) is 0 Å². The van der Waals surface area contributed by atoms with Gasteiger partial charge in [0.25, 0.3) is 0 Å². The molecule has 0 bridgehead atoms. The Balaban J connectivity index is 1.70. The fraction of sp³-hybridized carbons (Fsp3) is 0.150. The Bertz CT molecular complexity index is 1010. The lowest BCUT2D eigenvalue weighted by Gasteiger charge is -2.20. The number of hydrogen-bond donors (Lipinski definition) is 2. The molecular formula is C20H18FN5S. The Morgan fingerprint density at radius 2 is 1.89 bits per heavy atom. The highest BCUT2D eigenvalue weighted by Crippen LogP contribution is 2.39. The first-order chi connectivity index (χ1) is 13.1. The van der Waals surface area contributed by atoms with E-state index in [2.05, 4.69) is 15.0 Å². The van der Waals surface area contributed by atoms with E-state index in [1.54, 1.807) is 18.5 Å². The molecule has 1 aliphatic rings. The Hall–Kier alpha value is -2.93. The van der Waals surface area contributed by atoms with Gasteiger partial charge >= 0.3 is 0 Å². The second kappa shape index (κ2) is 7.36. The van der Waals surface area contributed by atoms with E-state index >= 15 is 0 Å². The predicted octanol–water partition coefficient (Wildman–Crippen LogP) is 4.27. The highest BCUT2D eigenvalue weighted by Gasteiger charge is 2.24. The van der Waals surface area contributed by atoms with E-state index in [1.807, 2.05) is 36.4 Å². The number of benzene rings is 1.